The van der Waals surface area contributed by atoms with Crippen LogP contribution < -0.4 is 10.6 Å². The standard InChI is InChI=1S/C11H12N4S2/c16-10(15-11-14-7-8-17-11)13-6-3-9-1-4-12-5-2-9/h1-2,4-5,7-8H,3,6H2,(H2,13,14,15,16). The molecule has 0 amide bonds. The molecule has 2 heterocycles. The van der Waals surface area contributed by atoms with Gasteiger partial charge in [-0.3, -0.25) is 4.98 Å². The summed E-state index contributed by atoms with van der Waals surface area (Å²) in [5.41, 5.74) is 1.24. The first kappa shape index (κ1) is 11.9. The molecule has 0 spiro atoms. The number of hydrogen-bond donors (Lipinski definition) is 2. The van der Waals surface area contributed by atoms with E-state index in [1.54, 1.807) is 18.6 Å². The summed E-state index contributed by atoms with van der Waals surface area (Å²) >= 11 is 6.67. The van der Waals surface area contributed by atoms with Gasteiger partial charge in [0.25, 0.3) is 0 Å². The minimum atomic E-state index is 0.606. The molecule has 0 aliphatic carbocycles. The van der Waals surface area contributed by atoms with E-state index >= 15 is 0 Å². The molecule has 17 heavy (non-hydrogen) atoms. The molecule has 2 N–H and O–H groups in total. The maximum atomic E-state index is 5.15. The van der Waals surface area contributed by atoms with E-state index in [-0.39, 0.29) is 0 Å². The number of pyridine rings is 1. The molecule has 0 aliphatic rings. The largest absolute Gasteiger partial charge is 0.362 e. The summed E-state index contributed by atoms with van der Waals surface area (Å²) < 4.78 is 0. The molecule has 88 valence electrons. The quantitative estimate of drug-likeness (QED) is 0.828. The molecule has 0 aromatic carbocycles. The van der Waals surface area contributed by atoms with Crippen LogP contribution in [0.1, 0.15) is 5.56 Å². The van der Waals surface area contributed by atoms with E-state index in [4.69, 9.17) is 12.2 Å². The molecule has 0 saturated heterocycles. The van der Waals surface area contributed by atoms with Gasteiger partial charge in [0.2, 0.25) is 0 Å². The minimum Gasteiger partial charge on any atom is -0.362 e. The van der Waals surface area contributed by atoms with Crippen LogP contribution in [-0.2, 0) is 6.42 Å². The summed E-state index contributed by atoms with van der Waals surface area (Å²) in [5, 5.41) is 9.48. The van der Waals surface area contributed by atoms with Crippen molar-refractivity contribution in [2.45, 2.75) is 6.42 Å². The number of nitrogens with one attached hydrogen (secondary N) is 2. The summed E-state index contributed by atoms with van der Waals surface area (Å²) in [6.45, 7) is 0.793. The van der Waals surface area contributed by atoms with E-state index in [0.717, 1.165) is 18.1 Å². The van der Waals surface area contributed by atoms with Crippen molar-refractivity contribution in [3.05, 3.63) is 41.7 Å². The topological polar surface area (TPSA) is 49.8 Å². The van der Waals surface area contributed by atoms with Gasteiger partial charge < -0.3 is 10.6 Å². The molecule has 0 radical (unpaired) electrons. The predicted molar refractivity (Wildman–Crippen MR) is 74.3 cm³/mol. The molecule has 0 atom stereocenters. The normalized spacial score (nSPS) is 9.88. The lowest BCUT2D eigenvalue weighted by molar-refractivity contribution is 0.871. The number of nitrogens with zero attached hydrogens (tertiary/aromatic N) is 2. The lowest BCUT2D eigenvalue weighted by atomic mass is 10.2. The molecule has 0 saturated carbocycles. The minimum absolute atomic E-state index is 0.606. The third-order valence-electron chi connectivity index (χ3n) is 2.10. The predicted octanol–water partition coefficient (Wildman–Crippen LogP) is 2.07. The van der Waals surface area contributed by atoms with Gasteiger partial charge in [0.15, 0.2) is 10.2 Å². The Morgan fingerprint density at radius 1 is 1.29 bits per heavy atom. The van der Waals surface area contributed by atoms with Gasteiger partial charge in [0, 0.05) is 30.5 Å². The number of rotatable bonds is 4. The van der Waals surface area contributed by atoms with Gasteiger partial charge >= 0.3 is 0 Å². The summed E-state index contributed by atoms with van der Waals surface area (Å²) in [6.07, 6.45) is 6.25. The summed E-state index contributed by atoms with van der Waals surface area (Å²) in [4.78, 5) is 8.07. The fourth-order valence-electron chi connectivity index (χ4n) is 1.30. The van der Waals surface area contributed by atoms with Crippen molar-refractivity contribution >= 4 is 33.8 Å². The molecule has 2 aromatic rings. The Bertz CT molecular complexity index is 456. The second-order valence-corrected chi connectivity index (χ2v) is 4.63. The Kier molecular flexibility index (Phi) is 4.40. The van der Waals surface area contributed by atoms with Crippen LogP contribution in [0.25, 0.3) is 0 Å². The number of thiazole rings is 1. The van der Waals surface area contributed by atoms with Crippen molar-refractivity contribution in [1.82, 2.24) is 15.3 Å². The van der Waals surface area contributed by atoms with Crippen LogP contribution in [0.5, 0.6) is 0 Å². The highest BCUT2D eigenvalue weighted by atomic mass is 32.1. The van der Waals surface area contributed by atoms with Crippen LogP contribution in [0.3, 0.4) is 0 Å². The highest BCUT2D eigenvalue weighted by Crippen LogP contribution is 2.09. The maximum Gasteiger partial charge on any atom is 0.188 e. The Balaban J connectivity index is 1.70. The zero-order chi connectivity index (χ0) is 11.9. The van der Waals surface area contributed by atoms with Crippen LogP contribution in [0.15, 0.2) is 36.1 Å². The van der Waals surface area contributed by atoms with Gasteiger partial charge in [0.1, 0.15) is 0 Å². The number of hydrogen-bond acceptors (Lipinski definition) is 4. The molecule has 0 bridgehead atoms. The summed E-state index contributed by atoms with van der Waals surface area (Å²) in [6, 6.07) is 4.00. The molecule has 4 nitrogen and oxygen atoms in total. The lowest BCUT2D eigenvalue weighted by Gasteiger charge is -2.07. The van der Waals surface area contributed by atoms with Gasteiger partial charge in [-0.15, -0.1) is 11.3 Å². The molecular formula is C11H12N4S2. The van der Waals surface area contributed by atoms with Crippen LogP contribution in [0, 0.1) is 0 Å². The fourth-order valence-corrected chi connectivity index (χ4v) is 2.09. The molecule has 2 aromatic heterocycles. The first-order valence-corrected chi connectivity index (χ1v) is 6.46. The van der Waals surface area contributed by atoms with Crippen LogP contribution >= 0.6 is 23.6 Å². The SMILES string of the molecule is S=C(NCCc1ccncc1)Nc1nccs1. The highest BCUT2D eigenvalue weighted by molar-refractivity contribution is 7.80. The first-order valence-electron chi connectivity index (χ1n) is 5.18. The molecule has 0 unspecified atom stereocenters. The van der Waals surface area contributed by atoms with Crippen molar-refractivity contribution in [3.63, 3.8) is 0 Å². The van der Waals surface area contributed by atoms with E-state index < -0.39 is 0 Å². The molecule has 6 heteroatoms. The van der Waals surface area contributed by atoms with Gasteiger partial charge in [-0.1, -0.05) is 0 Å². The second kappa shape index (κ2) is 6.27. The Labute approximate surface area is 109 Å². The van der Waals surface area contributed by atoms with Crippen LogP contribution in [0.2, 0.25) is 0 Å². The monoisotopic (exact) mass is 264 g/mol. The van der Waals surface area contributed by atoms with Crippen molar-refractivity contribution < 1.29 is 0 Å². The smallest absolute Gasteiger partial charge is 0.188 e. The van der Waals surface area contributed by atoms with Crippen molar-refractivity contribution in [1.29, 1.82) is 0 Å². The average Bonchev–Trinajstić information content (AvgIpc) is 2.83. The lowest BCUT2D eigenvalue weighted by Crippen LogP contribution is -2.30. The number of thiocarbonyl (C=S) groups is 1. The summed E-state index contributed by atoms with van der Waals surface area (Å²) in [7, 11) is 0. The highest BCUT2D eigenvalue weighted by Gasteiger charge is 1.98. The first-order chi connectivity index (χ1) is 8.34. The zero-order valence-electron chi connectivity index (χ0n) is 9.09. The van der Waals surface area contributed by atoms with Gasteiger partial charge in [0.05, 0.1) is 0 Å². The Morgan fingerprint density at radius 3 is 2.82 bits per heavy atom. The molecule has 0 aliphatic heterocycles. The second-order valence-electron chi connectivity index (χ2n) is 3.32. The van der Waals surface area contributed by atoms with E-state index in [1.165, 1.54) is 16.9 Å². The van der Waals surface area contributed by atoms with Gasteiger partial charge in [-0.05, 0) is 36.3 Å². The maximum absolute atomic E-state index is 5.15. The van der Waals surface area contributed by atoms with E-state index in [9.17, 15) is 0 Å². The zero-order valence-corrected chi connectivity index (χ0v) is 10.7. The third-order valence-corrected chi connectivity index (χ3v) is 3.04. The Morgan fingerprint density at radius 2 is 2.12 bits per heavy atom. The van der Waals surface area contributed by atoms with Crippen LogP contribution in [0.4, 0.5) is 5.13 Å². The van der Waals surface area contributed by atoms with E-state index in [2.05, 4.69) is 20.6 Å². The molecule has 2 rings (SSSR count). The van der Waals surface area contributed by atoms with Crippen molar-refractivity contribution in [2.75, 3.05) is 11.9 Å². The van der Waals surface area contributed by atoms with E-state index in [0.29, 0.717) is 5.11 Å². The van der Waals surface area contributed by atoms with Gasteiger partial charge in [-0.25, -0.2) is 4.98 Å². The van der Waals surface area contributed by atoms with Gasteiger partial charge in [-0.2, -0.15) is 0 Å². The fraction of sp³-hybridized carbons (Fsp3) is 0.182. The summed E-state index contributed by atoms with van der Waals surface area (Å²) in [5.74, 6) is 0. The molecular weight excluding hydrogens is 252 g/mol. The Hall–Kier alpha value is -1.53. The van der Waals surface area contributed by atoms with Crippen molar-refractivity contribution in [2.24, 2.45) is 0 Å². The van der Waals surface area contributed by atoms with E-state index in [1.807, 2.05) is 17.5 Å². The van der Waals surface area contributed by atoms with Crippen LogP contribution in [-0.4, -0.2) is 21.6 Å². The molecule has 0 fully saturated rings. The van der Waals surface area contributed by atoms with Crippen molar-refractivity contribution in [3.8, 4) is 0 Å². The number of anilines is 1. The average molecular weight is 264 g/mol. The number of aromatic nitrogens is 2. The third kappa shape index (κ3) is 4.08.